The molecule has 1 unspecified atom stereocenters. The summed E-state index contributed by atoms with van der Waals surface area (Å²) in [5.41, 5.74) is 4.88. The van der Waals surface area contributed by atoms with E-state index >= 15 is 0 Å². The Labute approximate surface area is 107 Å². The summed E-state index contributed by atoms with van der Waals surface area (Å²) in [6.07, 6.45) is 5.03. The fraction of sp³-hybridized carbons (Fsp3) is 0.462. The van der Waals surface area contributed by atoms with E-state index < -0.39 is 5.41 Å². The van der Waals surface area contributed by atoms with Crippen molar-refractivity contribution in [3.8, 4) is 0 Å². The number of rotatable bonds is 2. The third-order valence-corrected chi connectivity index (χ3v) is 3.30. The molecule has 0 aromatic carbocycles. The van der Waals surface area contributed by atoms with E-state index in [1.807, 2.05) is 19.1 Å². The van der Waals surface area contributed by atoms with Crippen molar-refractivity contribution >= 4 is 11.8 Å². The Morgan fingerprint density at radius 1 is 1.33 bits per heavy atom. The second-order valence-electron chi connectivity index (χ2n) is 4.05. The molecule has 1 saturated heterocycles. The van der Waals surface area contributed by atoms with Crippen molar-refractivity contribution in [2.45, 2.75) is 31.6 Å². The maximum atomic E-state index is 12.0. The number of pyridine rings is 1. The zero-order chi connectivity index (χ0) is 13.6. The molecule has 0 spiro atoms. The van der Waals surface area contributed by atoms with Gasteiger partial charge >= 0.3 is 0 Å². The van der Waals surface area contributed by atoms with E-state index in [4.69, 9.17) is 0 Å². The number of aromatic nitrogens is 1. The lowest BCUT2D eigenvalue weighted by molar-refractivity contribution is -0.138. The van der Waals surface area contributed by atoms with Crippen molar-refractivity contribution in [2.24, 2.45) is 5.73 Å². The van der Waals surface area contributed by atoms with Crippen LogP contribution in [0.15, 0.2) is 24.5 Å². The molecule has 1 aliphatic heterocycles. The Morgan fingerprint density at radius 2 is 1.94 bits per heavy atom. The number of hydrogen-bond acceptors (Lipinski definition) is 4. The van der Waals surface area contributed by atoms with Crippen LogP contribution in [0.3, 0.4) is 0 Å². The van der Waals surface area contributed by atoms with Crippen LogP contribution in [0, 0.1) is 0 Å². The van der Waals surface area contributed by atoms with Gasteiger partial charge in [-0.1, -0.05) is 6.92 Å². The van der Waals surface area contributed by atoms with Gasteiger partial charge in [0.15, 0.2) is 0 Å². The first-order valence-corrected chi connectivity index (χ1v) is 6.01. The minimum atomic E-state index is -0.559. The largest absolute Gasteiger partial charge is 0.333 e. The van der Waals surface area contributed by atoms with E-state index in [-0.39, 0.29) is 11.8 Å². The SMILES string of the molecule is CCC1(c2ccncc2)CCC(=O)NC1=O.CN. The molecule has 1 aromatic rings. The first-order chi connectivity index (χ1) is 8.69. The van der Waals surface area contributed by atoms with E-state index in [9.17, 15) is 9.59 Å². The minimum absolute atomic E-state index is 0.178. The van der Waals surface area contributed by atoms with Gasteiger partial charge in [0.1, 0.15) is 0 Å². The van der Waals surface area contributed by atoms with Crippen LogP contribution in [0.4, 0.5) is 0 Å². The smallest absolute Gasteiger partial charge is 0.237 e. The molecule has 1 fully saturated rings. The molecule has 98 valence electrons. The molecule has 0 bridgehead atoms. The predicted octanol–water partition coefficient (Wildman–Crippen LogP) is 0.741. The van der Waals surface area contributed by atoms with Crippen LogP contribution < -0.4 is 11.1 Å². The Bertz CT molecular complexity index is 420. The average Bonchev–Trinajstić information content (AvgIpc) is 2.43. The Kier molecular flexibility index (Phi) is 4.97. The first kappa shape index (κ1) is 14.3. The fourth-order valence-corrected chi connectivity index (χ4v) is 2.24. The zero-order valence-electron chi connectivity index (χ0n) is 10.8. The van der Waals surface area contributed by atoms with Gasteiger partial charge in [0.25, 0.3) is 0 Å². The second kappa shape index (κ2) is 6.26. The van der Waals surface area contributed by atoms with Crippen molar-refractivity contribution in [3.63, 3.8) is 0 Å². The maximum Gasteiger partial charge on any atom is 0.237 e. The molecule has 2 amide bonds. The highest BCUT2D eigenvalue weighted by Gasteiger charge is 2.42. The lowest BCUT2D eigenvalue weighted by Gasteiger charge is -2.34. The van der Waals surface area contributed by atoms with Gasteiger partial charge in [0.2, 0.25) is 11.8 Å². The Hall–Kier alpha value is -1.75. The van der Waals surface area contributed by atoms with E-state index in [2.05, 4.69) is 16.0 Å². The molecule has 5 nitrogen and oxygen atoms in total. The molecule has 3 N–H and O–H groups in total. The van der Waals surface area contributed by atoms with Crippen LogP contribution in [-0.2, 0) is 15.0 Å². The number of carbonyl (C=O) groups excluding carboxylic acids is 2. The molecule has 18 heavy (non-hydrogen) atoms. The number of nitrogens with two attached hydrogens (primary N) is 1. The number of imide groups is 1. The van der Waals surface area contributed by atoms with Gasteiger partial charge in [-0.3, -0.25) is 19.9 Å². The number of hydrogen-bond donors (Lipinski definition) is 2. The molecule has 0 radical (unpaired) electrons. The number of nitrogens with zero attached hydrogens (tertiary/aromatic N) is 1. The monoisotopic (exact) mass is 249 g/mol. The summed E-state index contributed by atoms with van der Waals surface area (Å²) >= 11 is 0. The van der Waals surface area contributed by atoms with Crippen LogP contribution in [-0.4, -0.2) is 23.8 Å². The van der Waals surface area contributed by atoms with Gasteiger partial charge in [-0.25, -0.2) is 0 Å². The van der Waals surface area contributed by atoms with E-state index in [0.717, 1.165) is 5.56 Å². The maximum absolute atomic E-state index is 12.0. The first-order valence-electron chi connectivity index (χ1n) is 6.01. The van der Waals surface area contributed by atoms with E-state index in [1.54, 1.807) is 12.4 Å². The minimum Gasteiger partial charge on any atom is -0.333 e. The van der Waals surface area contributed by atoms with Crippen molar-refractivity contribution in [3.05, 3.63) is 30.1 Å². The molecular formula is C13H19N3O2. The van der Waals surface area contributed by atoms with Gasteiger partial charge < -0.3 is 5.73 Å². The zero-order valence-corrected chi connectivity index (χ0v) is 10.8. The van der Waals surface area contributed by atoms with Crippen LogP contribution in [0.2, 0.25) is 0 Å². The summed E-state index contributed by atoms with van der Waals surface area (Å²) in [5, 5.41) is 2.42. The van der Waals surface area contributed by atoms with Gasteiger partial charge in [0.05, 0.1) is 5.41 Å². The number of carbonyl (C=O) groups is 2. The standard InChI is InChI=1S/C12H14N2O2.CH5N/c1-2-12(9-4-7-13-8-5-9)6-3-10(15)14-11(12)16;1-2/h4-5,7-8H,2-3,6H2,1H3,(H,14,15,16);2H2,1H3. The van der Waals surface area contributed by atoms with Crippen molar-refractivity contribution in [1.29, 1.82) is 0 Å². The Morgan fingerprint density at radius 3 is 2.44 bits per heavy atom. The molecule has 0 saturated carbocycles. The van der Waals surface area contributed by atoms with Crippen molar-refractivity contribution in [2.75, 3.05) is 7.05 Å². The van der Waals surface area contributed by atoms with Crippen LogP contribution in [0.1, 0.15) is 31.7 Å². The molecular weight excluding hydrogens is 230 g/mol. The molecule has 2 rings (SSSR count). The number of piperidine rings is 1. The quantitative estimate of drug-likeness (QED) is 0.757. The summed E-state index contributed by atoms with van der Waals surface area (Å²) < 4.78 is 0. The predicted molar refractivity (Wildman–Crippen MR) is 68.7 cm³/mol. The lowest BCUT2D eigenvalue weighted by Crippen LogP contribution is -2.51. The summed E-state index contributed by atoms with van der Waals surface area (Å²) in [6.45, 7) is 1.97. The summed E-state index contributed by atoms with van der Waals surface area (Å²) in [7, 11) is 1.50. The molecule has 1 aliphatic rings. The molecule has 5 heteroatoms. The summed E-state index contributed by atoms with van der Waals surface area (Å²) in [6, 6.07) is 3.69. The van der Waals surface area contributed by atoms with Crippen LogP contribution in [0.5, 0.6) is 0 Å². The lowest BCUT2D eigenvalue weighted by atomic mass is 9.72. The summed E-state index contributed by atoms with van der Waals surface area (Å²) in [4.78, 5) is 27.1. The van der Waals surface area contributed by atoms with E-state index in [1.165, 1.54) is 7.05 Å². The highest BCUT2D eigenvalue weighted by atomic mass is 16.2. The number of amides is 2. The fourth-order valence-electron chi connectivity index (χ4n) is 2.24. The van der Waals surface area contributed by atoms with Gasteiger partial charge in [-0.2, -0.15) is 0 Å². The van der Waals surface area contributed by atoms with Gasteiger partial charge in [-0.05, 0) is 37.6 Å². The van der Waals surface area contributed by atoms with Gasteiger partial charge in [-0.15, -0.1) is 0 Å². The van der Waals surface area contributed by atoms with E-state index in [0.29, 0.717) is 19.3 Å². The average molecular weight is 249 g/mol. The van der Waals surface area contributed by atoms with Crippen LogP contribution in [0.25, 0.3) is 0 Å². The van der Waals surface area contributed by atoms with Crippen molar-refractivity contribution in [1.82, 2.24) is 10.3 Å². The van der Waals surface area contributed by atoms with Crippen molar-refractivity contribution < 1.29 is 9.59 Å². The second-order valence-corrected chi connectivity index (χ2v) is 4.05. The third kappa shape index (κ3) is 2.56. The molecule has 1 aromatic heterocycles. The van der Waals surface area contributed by atoms with Gasteiger partial charge in [0, 0.05) is 18.8 Å². The Balaban J connectivity index is 0.000000771. The molecule has 1 atom stereocenters. The number of nitrogens with one attached hydrogen (secondary N) is 1. The highest BCUT2D eigenvalue weighted by Crippen LogP contribution is 2.35. The normalized spacial score (nSPS) is 22.8. The van der Waals surface area contributed by atoms with Crippen LogP contribution >= 0.6 is 0 Å². The topological polar surface area (TPSA) is 85.1 Å². The molecule has 2 heterocycles. The third-order valence-electron chi connectivity index (χ3n) is 3.30. The molecule has 0 aliphatic carbocycles. The summed E-state index contributed by atoms with van der Waals surface area (Å²) in [5.74, 6) is -0.361. The highest BCUT2D eigenvalue weighted by molar-refractivity contribution is 6.03.